The van der Waals surface area contributed by atoms with Crippen molar-refractivity contribution in [1.29, 1.82) is 0 Å². The van der Waals surface area contributed by atoms with Crippen molar-refractivity contribution in [2.24, 2.45) is 0 Å². The SMILES string of the molecule is CC(C)c1ccc2cc[se]c2c1. The molecule has 0 unspecified atom stereocenters. The summed E-state index contributed by atoms with van der Waals surface area (Å²) < 4.78 is 1.55. The Balaban J connectivity index is 2.60. The van der Waals surface area contributed by atoms with Crippen LogP contribution < -0.4 is 0 Å². The average molecular weight is 223 g/mol. The van der Waals surface area contributed by atoms with Gasteiger partial charge in [0.1, 0.15) is 0 Å². The van der Waals surface area contributed by atoms with Gasteiger partial charge in [-0.3, -0.25) is 0 Å². The van der Waals surface area contributed by atoms with Gasteiger partial charge in [0.05, 0.1) is 0 Å². The summed E-state index contributed by atoms with van der Waals surface area (Å²) in [6.45, 7) is 4.49. The number of fused-ring (bicyclic) bond motifs is 1. The van der Waals surface area contributed by atoms with E-state index in [1.807, 2.05) is 0 Å². The van der Waals surface area contributed by atoms with Crippen molar-refractivity contribution in [3.05, 3.63) is 34.8 Å². The zero-order chi connectivity index (χ0) is 8.55. The van der Waals surface area contributed by atoms with Gasteiger partial charge in [0.15, 0.2) is 0 Å². The number of benzene rings is 1. The van der Waals surface area contributed by atoms with E-state index >= 15 is 0 Å². The van der Waals surface area contributed by atoms with E-state index in [9.17, 15) is 0 Å². The van der Waals surface area contributed by atoms with Crippen molar-refractivity contribution in [2.45, 2.75) is 19.8 Å². The third-order valence-electron chi connectivity index (χ3n) is 2.15. The Morgan fingerprint density at radius 1 is 1.17 bits per heavy atom. The van der Waals surface area contributed by atoms with Crippen LogP contribution in [0.15, 0.2) is 29.2 Å². The molecular weight excluding hydrogens is 211 g/mol. The van der Waals surface area contributed by atoms with Crippen LogP contribution in [-0.4, -0.2) is 14.5 Å². The van der Waals surface area contributed by atoms with Gasteiger partial charge in [-0.25, -0.2) is 0 Å². The third kappa shape index (κ3) is 1.35. The quantitative estimate of drug-likeness (QED) is 0.652. The Kier molecular flexibility index (Phi) is 2.08. The van der Waals surface area contributed by atoms with Crippen molar-refractivity contribution in [3.8, 4) is 0 Å². The summed E-state index contributed by atoms with van der Waals surface area (Å²) in [7, 11) is 0. The van der Waals surface area contributed by atoms with Gasteiger partial charge in [-0.05, 0) is 0 Å². The molecule has 0 radical (unpaired) electrons. The fraction of sp³-hybridized carbons (Fsp3) is 0.273. The fourth-order valence-electron chi connectivity index (χ4n) is 1.33. The summed E-state index contributed by atoms with van der Waals surface area (Å²) in [6, 6.07) is 9.09. The Hall–Kier alpha value is -0.521. The molecule has 0 spiro atoms. The van der Waals surface area contributed by atoms with E-state index in [2.05, 4.69) is 43.1 Å². The first-order chi connectivity index (χ1) is 5.77. The zero-order valence-electron chi connectivity index (χ0n) is 7.37. The summed E-state index contributed by atoms with van der Waals surface area (Å²) in [5.41, 5.74) is 1.47. The van der Waals surface area contributed by atoms with Crippen LogP contribution in [-0.2, 0) is 0 Å². The van der Waals surface area contributed by atoms with Crippen molar-refractivity contribution in [2.75, 3.05) is 0 Å². The van der Waals surface area contributed by atoms with Gasteiger partial charge < -0.3 is 0 Å². The maximum absolute atomic E-state index is 2.36. The molecular formula is C11H12Se. The number of rotatable bonds is 1. The van der Waals surface area contributed by atoms with Crippen LogP contribution in [0, 0.1) is 0 Å². The van der Waals surface area contributed by atoms with E-state index in [1.165, 1.54) is 10.9 Å². The maximum atomic E-state index is 2.36. The summed E-state index contributed by atoms with van der Waals surface area (Å²) in [5.74, 6) is 0.659. The standard InChI is InChI=1S/C11H12Se/c1-8(2)10-4-3-9-5-6-12-11(9)7-10/h3-8H,1-2H3. The molecule has 0 amide bonds. The van der Waals surface area contributed by atoms with Crippen molar-refractivity contribution < 1.29 is 0 Å². The first-order valence-electron chi connectivity index (χ1n) is 4.24. The molecule has 1 heterocycles. The van der Waals surface area contributed by atoms with Crippen molar-refractivity contribution >= 4 is 24.1 Å². The predicted molar refractivity (Wildman–Crippen MR) is 55.0 cm³/mol. The Labute approximate surface area is 79.0 Å². The summed E-state index contributed by atoms with van der Waals surface area (Å²) in [5, 5.41) is 1.43. The van der Waals surface area contributed by atoms with Crippen LogP contribution in [0.3, 0.4) is 0 Å². The summed E-state index contributed by atoms with van der Waals surface area (Å²) in [6.07, 6.45) is 0. The molecule has 0 saturated heterocycles. The van der Waals surface area contributed by atoms with Gasteiger partial charge >= 0.3 is 78.7 Å². The molecule has 12 heavy (non-hydrogen) atoms. The Morgan fingerprint density at radius 3 is 2.75 bits per heavy atom. The van der Waals surface area contributed by atoms with E-state index in [4.69, 9.17) is 0 Å². The number of hydrogen-bond acceptors (Lipinski definition) is 0. The van der Waals surface area contributed by atoms with Gasteiger partial charge in [0.25, 0.3) is 0 Å². The van der Waals surface area contributed by atoms with Crippen LogP contribution in [0.1, 0.15) is 25.3 Å². The second kappa shape index (κ2) is 3.08. The second-order valence-corrected chi connectivity index (χ2v) is 5.36. The third-order valence-corrected chi connectivity index (χ3v) is 3.99. The van der Waals surface area contributed by atoms with Crippen LogP contribution in [0.5, 0.6) is 0 Å². The van der Waals surface area contributed by atoms with Crippen molar-refractivity contribution in [3.63, 3.8) is 0 Å². The van der Waals surface area contributed by atoms with E-state index in [0.29, 0.717) is 20.4 Å². The molecule has 0 aliphatic rings. The Bertz CT molecular complexity index is 385. The first kappa shape index (κ1) is 8.09. The molecule has 2 aromatic rings. The van der Waals surface area contributed by atoms with Gasteiger partial charge in [0, 0.05) is 0 Å². The Morgan fingerprint density at radius 2 is 2.00 bits per heavy atom. The molecule has 0 bridgehead atoms. The predicted octanol–water partition coefficient (Wildman–Crippen LogP) is 3.02. The molecule has 0 aliphatic heterocycles. The molecule has 0 saturated carbocycles. The molecule has 1 aromatic heterocycles. The van der Waals surface area contributed by atoms with Crippen LogP contribution >= 0.6 is 0 Å². The second-order valence-electron chi connectivity index (χ2n) is 3.37. The van der Waals surface area contributed by atoms with Gasteiger partial charge in [-0.2, -0.15) is 0 Å². The van der Waals surface area contributed by atoms with E-state index in [-0.39, 0.29) is 0 Å². The monoisotopic (exact) mass is 224 g/mol. The molecule has 0 N–H and O–H groups in total. The molecule has 0 fully saturated rings. The zero-order valence-corrected chi connectivity index (χ0v) is 9.09. The first-order valence-corrected chi connectivity index (χ1v) is 6.09. The average Bonchev–Trinajstić information content (AvgIpc) is 2.49. The molecule has 0 atom stereocenters. The van der Waals surface area contributed by atoms with Gasteiger partial charge in [0.2, 0.25) is 0 Å². The van der Waals surface area contributed by atoms with Crippen molar-refractivity contribution in [1.82, 2.24) is 0 Å². The number of hydrogen-bond donors (Lipinski definition) is 0. The molecule has 62 valence electrons. The van der Waals surface area contributed by atoms with Crippen LogP contribution in [0.4, 0.5) is 0 Å². The minimum absolute atomic E-state index is 0.597. The van der Waals surface area contributed by atoms with Gasteiger partial charge in [-0.1, -0.05) is 0 Å². The topological polar surface area (TPSA) is 0 Å². The van der Waals surface area contributed by atoms with E-state index in [1.54, 1.807) is 4.26 Å². The summed E-state index contributed by atoms with van der Waals surface area (Å²) in [4.78, 5) is 2.29. The van der Waals surface area contributed by atoms with Gasteiger partial charge in [-0.15, -0.1) is 0 Å². The van der Waals surface area contributed by atoms with Crippen LogP contribution in [0.25, 0.3) is 9.65 Å². The molecule has 2 rings (SSSR count). The van der Waals surface area contributed by atoms with E-state index in [0.717, 1.165) is 0 Å². The minimum atomic E-state index is 0.597. The molecule has 1 aromatic carbocycles. The van der Waals surface area contributed by atoms with E-state index < -0.39 is 0 Å². The normalized spacial score (nSPS) is 11.2. The molecule has 0 nitrogen and oxygen atoms in total. The van der Waals surface area contributed by atoms with Crippen LogP contribution in [0.2, 0.25) is 0 Å². The molecule has 0 aliphatic carbocycles. The molecule has 1 heteroatoms. The summed E-state index contributed by atoms with van der Waals surface area (Å²) >= 11 is 0.597. The fourth-order valence-corrected chi connectivity index (χ4v) is 3.09.